The smallest absolute Gasteiger partial charge is 0.161 e. The van der Waals surface area contributed by atoms with Gasteiger partial charge < -0.3 is 10.8 Å². The molecule has 84 valence electrons. The Morgan fingerprint density at radius 2 is 1.88 bits per heavy atom. The zero-order valence-electron chi connectivity index (χ0n) is 9.18. The van der Waals surface area contributed by atoms with E-state index in [0.29, 0.717) is 17.1 Å². The van der Waals surface area contributed by atoms with Crippen molar-refractivity contribution >= 4 is 5.82 Å². The first-order valence-electron chi connectivity index (χ1n) is 4.95. The Hall–Kier alpha value is -2.61. The number of phenols is 1. The average Bonchev–Trinajstić information content (AvgIpc) is 2.29. The number of nitrogens with two attached hydrogens (primary N) is 1. The lowest BCUT2D eigenvalue weighted by Gasteiger charge is -2.05. The molecule has 1 aromatic heterocycles. The van der Waals surface area contributed by atoms with Crippen molar-refractivity contribution in [1.82, 2.24) is 9.97 Å². The van der Waals surface area contributed by atoms with Crippen molar-refractivity contribution in [1.29, 1.82) is 5.26 Å². The molecule has 2 aromatic rings. The van der Waals surface area contributed by atoms with Crippen LogP contribution in [0.2, 0.25) is 0 Å². The largest absolute Gasteiger partial charge is 0.508 e. The second-order valence-corrected chi connectivity index (χ2v) is 3.55. The van der Waals surface area contributed by atoms with Crippen LogP contribution in [0.15, 0.2) is 24.3 Å². The van der Waals surface area contributed by atoms with Gasteiger partial charge in [0.25, 0.3) is 0 Å². The first kappa shape index (κ1) is 10.9. The zero-order valence-corrected chi connectivity index (χ0v) is 9.18. The molecule has 5 heteroatoms. The summed E-state index contributed by atoms with van der Waals surface area (Å²) < 4.78 is 0. The van der Waals surface area contributed by atoms with Crippen molar-refractivity contribution in [2.45, 2.75) is 6.92 Å². The van der Waals surface area contributed by atoms with Gasteiger partial charge in [0.05, 0.1) is 5.69 Å². The number of aromatic nitrogens is 2. The monoisotopic (exact) mass is 226 g/mol. The molecular weight excluding hydrogens is 216 g/mol. The van der Waals surface area contributed by atoms with E-state index >= 15 is 0 Å². The summed E-state index contributed by atoms with van der Waals surface area (Å²) in [5.74, 6) is 0.786. The standard InChI is InChI=1S/C12H10N4O/c1-7-10(6-13)11(14)16-12(15-7)8-2-4-9(17)5-3-8/h2-5,17H,1H3,(H2,14,15,16). The lowest BCUT2D eigenvalue weighted by Crippen LogP contribution is -2.02. The molecule has 0 aliphatic rings. The molecule has 0 saturated heterocycles. The fourth-order valence-electron chi connectivity index (χ4n) is 1.47. The summed E-state index contributed by atoms with van der Waals surface area (Å²) in [6.45, 7) is 1.71. The minimum absolute atomic E-state index is 0.170. The highest BCUT2D eigenvalue weighted by molar-refractivity contribution is 5.61. The van der Waals surface area contributed by atoms with Gasteiger partial charge in [-0.3, -0.25) is 0 Å². The molecule has 0 atom stereocenters. The Balaban J connectivity index is 2.55. The van der Waals surface area contributed by atoms with Crippen LogP contribution in [0.3, 0.4) is 0 Å². The number of hydrogen-bond donors (Lipinski definition) is 2. The van der Waals surface area contributed by atoms with Gasteiger partial charge in [-0.1, -0.05) is 0 Å². The van der Waals surface area contributed by atoms with Gasteiger partial charge in [-0.05, 0) is 31.2 Å². The number of phenolic OH excluding ortho intramolecular Hbond substituents is 1. The van der Waals surface area contributed by atoms with Crippen LogP contribution in [0, 0.1) is 18.3 Å². The SMILES string of the molecule is Cc1nc(-c2ccc(O)cc2)nc(N)c1C#N. The highest BCUT2D eigenvalue weighted by Gasteiger charge is 2.09. The van der Waals surface area contributed by atoms with E-state index in [1.807, 2.05) is 6.07 Å². The minimum Gasteiger partial charge on any atom is -0.508 e. The number of anilines is 1. The third kappa shape index (κ3) is 2.01. The van der Waals surface area contributed by atoms with Crippen LogP contribution in [0.25, 0.3) is 11.4 Å². The highest BCUT2D eigenvalue weighted by atomic mass is 16.3. The number of nitrogens with zero attached hydrogens (tertiary/aromatic N) is 3. The van der Waals surface area contributed by atoms with E-state index in [9.17, 15) is 5.11 Å². The molecule has 2 rings (SSSR count). The molecule has 0 bridgehead atoms. The second kappa shape index (κ2) is 4.10. The van der Waals surface area contributed by atoms with Gasteiger partial charge in [-0.25, -0.2) is 9.97 Å². The van der Waals surface area contributed by atoms with Crippen LogP contribution in [0.1, 0.15) is 11.3 Å². The summed E-state index contributed by atoms with van der Waals surface area (Å²) >= 11 is 0. The molecule has 0 saturated carbocycles. The molecule has 0 aliphatic carbocycles. The molecule has 1 heterocycles. The molecule has 0 amide bonds. The van der Waals surface area contributed by atoms with E-state index in [-0.39, 0.29) is 11.6 Å². The molecule has 0 fully saturated rings. The number of aryl methyl sites for hydroxylation is 1. The van der Waals surface area contributed by atoms with Crippen LogP contribution in [0.4, 0.5) is 5.82 Å². The average molecular weight is 226 g/mol. The van der Waals surface area contributed by atoms with Crippen molar-refractivity contribution < 1.29 is 5.11 Å². The quantitative estimate of drug-likeness (QED) is 0.770. The van der Waals surface area contributed by atoms with Gasteiger partial charge >= 0.3 is 0 Å². The Morgan fingerprint density at radius 3 is 2.41 bits per heavy atom. The summed E-state index contributed by atoms with van der Waals surface area (Å²) in [5.41, 5.74) is 7.26. The van der Waals surface area contributed by atoms with Crippen LogP contribution in [-0.4, -0.2) is 15.1 Å². The number of aromatic hydroxyl groups is 1. The summed E-state index contributed by atoms with van der Waals surface area (Å²) in [6, 6.07) is 8.43. The topological polar surface area (TPSA) is 95.8 Å². The molecule has 5 nitrogen and oxygen atoms in total. The zero-order chi connectivity index (χ0) is 12.4. The predicted octanol–water partition coefficient (Wildman–Crippen LogP) is 1.61. The molecule has 0 unspecified atom stereocenters. The third-order valence-electron chi connectivity index (χ3n) is 2.36. The lowest BCUT2D eigenvalue weighted by molar-refractivity contribution is 0.475. The molecular formula is C12H10N4O. The summed E-state index contributed by atoms with van der Waals surface area (Å²) in [6.07, 6.45) is 0. The maximum Gasteiger partial charge on any atom is 0.161 e. The van der Waals surface area contributed by atoms with E-state index in [2.05, 4.69) is 9.97 Å². The lowest BCUT2D eigenvalue weighted by atomic mass is 10.2. The van der Waals surface area contributed by atoms with E-state index < -0.39 is 0 Å². The number of rotatable bonds is 1. The van der Waals surface area contributed by atoms with Crippen LogP contribution < -0.4 is 5.73 Å². The van der Waals surface area contributed by atoms with Crippen molar-refractivity contribution in [3.05, 3.63) is 35.5 Å². The van der Waals surface area contributed by atoms with Crippen molar-refractivity contribution in [3.8, 4) is 23.2 Å². The molecule has 0 spiro atoms. The van der Waals surface area contributed by atoms with E-state index in [1.165, 1.54) is 0 Å². The number of nitrogen functional groups attached to an aromatic ring is 1. The van der Waals surface area contributed by atoms with Crippen molar-refractivity contribution in [2.24, 2.45) is 0 Å². The van der Waals surface area contributed by atoms with E-state index in [0.717, 1.165) is 5.56 Å². The first-order valence-corrected chi connectivity index (χ1v) is 4.95. The maximum absolute atomic E-state index is 9.19. The number of hydrogen-bond acceptors (Lipinski definition) is 5. The van der Waals surface area contributed by atoms with Gasteiger partial charge in [0, 0.05) is 5.56 Å². The Kier molecular flexibility index (Phi) is 2.63. The van der Waals surface area contributed by atoms with Crippen LogP contribution in [-0.2, 0) is 0 Å². The molecule has 0 radical (unpaired) electrons. The van der Waals surface area contributed by atoms with Gasteiger partial charge in [0.2, 0.25) is 0 Å². The van der Waals surface area contributed by atoms with Gasteiger partial charge in [-0.2, -0.15) is 5.26 Å². The van der Waals surface area contributed by atoms with Gasteiger partial charge in [-0.15, -0.1) is 0 Å². The Morgan fingerprint density at radius 1 is 1.24 bits per heavy atom. The molecule has 3 N–H and O–H groups in total. The Bertz CT molecular complexity index is 576. The molecule has 17 heavy (non-hydrogen) atoms. The summed E-state index contributed by atoms with van der Waals surface area (Å²) in [5, 5.41) is 18.0. The number of nitriles is 1. The third-order valence-corrected chi connectivity index (χ3v) is 2.36. The van der Waals surface area contributed by atoms with Crippen LogP contribution in [0.5, 0.6) is 5.75 Å². The summed E-state index contributed by atoms with van der Waals surface area (Å²) in [4.78, 5) is 8.28. The molecule has 0 aliphatic heterocycles. The fraction of sp³-hybridized carbons (Fsp3) is 0.0833. The van der Waals surface area contributed by atoms with E-state index in [1.54, 1.807) is 31.2 Å². The summed E-state index contributed by atoms with van der Waals surface area (Å²) in [7, 11) is 0. The van der Waals surface area contributed by atoms with E-state index in [4.69, 9.17) is 11.0 Å². The second-order valence-electron chi connectivity index (χ2n) is 3.55. The first-order chi connectivity index (χ1) is 8.11. The predicted molar refractivity (Wildman–Crippen MR) is 63.0 cm³/mol. The maximum atomic E-state index is 9.19. The Labute approximate surface area is 98.2 Å². The normalized spacial score (nSPS) is 9.88. The highest BCUT2D eigenvalue weighted by Crippen LogP contribution is 2.21. The minimum atomic E-state index is 0.170. The van der Waals surface area contributed by atoms with Crippen LogP contribution >= 0.6 is 0 Å². The van der Waals surface area contributed by atoms with Crippen molar-refractivity contribution in [3.63, 3.8) is 0 Å². The van der Waals surface area contributed by atoms with Gasteiger partial charge in [0.1, 0.15) is 23.2 Å². The number of benzene rings is 1. The molecule has 1 aromatic carbocycles. The van der Waals surface area contributed by atoms with Crippen molar-refractivity contribution in [2.75, 3.05) is 5.73 Å². The van der Waals surface area contributed by atoms with Gasteiger partial charge in [0.15, 0.2) is 5.82 Å². The fourth-order valence-corrected chi connectivity index (χ4v) is 1.47.